The summed E-state index contributed by atoms with van der Waals surface area (Å²) >= 11 is 1.08. The van der Waals surface area contributed by atoms with Gasteiger partial charge in [-0.25, -0.2) is 4.79 Å². The van der Waals surface area contributed by atoms with Crippen LogP contribution in [0, 0.1) is 0 Å². The standard InChI is InChI=1S/C11H14N2O4S/c1-6(14)12-8-5-4-7(18-8)9(15)13-11(2,3)10(16)17/h4-5H,1-3H3,(H,12,14)(H,13,15)(H,16,17). The molecule has 0 aliphatic rings. The third-order valence-corrected chi connectivity index (χ3v) is 3.09. The van der Waals surface area contributed by atoms with E-state index in [0.717, 1.165) is 11.3 Å². The van der Waals surface area contributed by atoms with E-state index in [-0.39, 0.29) is 5.91 Å². The number of hydrogen-bond donors (Lipinski definition) is 3. The molecule has 0 bridgehead atoms. The number of thiophene rings is 1. The molecular formula is C11H14N2O4S. The summed E-state index contributed by atoms with van der Waals surface area (Å²) in [6.45, 7) is 4.16. The number of hydrogen-bond acceptors (Lipinski definition) is 4. The maximum Gasteiger partial charge on any atom is 0.328 e. The zero-order chi connectivity index (χ0) is 13.9. The molecule has 1 aromatic rings. The van der Waals surface area contributed by atoms with Gasteiger partial charge in [-0.1, -0.05) is 0 Å². The summed E-state index contributed by atoms with van der Waals surface area (Å²) in [5.41, 5.74) is -1.34. The Hall–Kier alpha value is -1.89. The molecule has 0 spiro atoms. The van der Waals surface area contributed by atoms with E-state index < -0.39 is 17.4 Å². The Morgan fingerprint density at radius 1 is 1.28 bits per heavy atom. The molecule has 0 unspecified atom stereocenters. The molecule has 3 N–H and O–H groups in total. The number of nitrogens with one attached hydrogen (secondary N) is 2. The van der Waals surface area contributed by atoms with Crippen molar-refractivity contribution in [1.82, 2.24) is 5.32 Å². The highest BCUT2D eigenvalue weighted by Gasteiger charge is 2.29. The maximum absolute atomic E-state index is 11.8. The Morgan fingerprint density at radius 3 is 2.39 bits per heavy atom. The normalized spacial score (nSPS) is 10.8. The Kier molecular flexibility index (Phi) is 4.07. The Balaban J connectivity index is 2.76. The fourth-order valence-electron chi connectivity index (χ4n) is 1.10. The number of rotatable bonds is 4. The number of carbonyl (C=O) groups excluding carboxylic acids is 2. The Labute approximate surface area is 108 Å². The van der Waals surface area contributed by atoms with Crippen molar-refractivity contribution in [3.05, 3.63) is 17.0 Å². The van der Waals surface area contributed by atoms with Crippen molar-refractivity contribution >= 4 is 34.1 Å². The zero-order valence-electron chi connectivity index (χ0n) is 10.2. The van der Waals surface area contributed by atoms with E-state index in [0.29, 0.717) is 9.88 Å². The van der Waals surface area contributed by atoms with Gasteiger partial charge in [0.1, 0.15) is 5.54 Å². The van der Waals surface area contributed by atoms with E-state index >= 15 is 0 Å². The van der Waals surface area contributed by atoms with Gasteiger partial charge in [-0.05, 0) is 26.0 Å². The number of carboxylic acid groups (broad SMARTS) is 1. The first-order chi connectivity index (χ1) is 8.22. The van der Waals surface area contributed by atoms with Crippen LogP contribution < -0.4 is 10.6 Å². The summed E-state index contributed by atoms with van der Waals surface area (Å²) < 4.78 is 0. The maximum atomic E-state index is 11.8. The fourth-order valence-corrected chi connectivity index (χ4v) is 1.95. The van der Waals surface area contributed by atoms with Gasteiger partial charge in [-0.15, -0.1) is 11.3 Å². The molecule has 0 aliphatic carbocycles. The van der Waals surface area contributed by atoms with Crippen molar-refractivity contribution in [1.29, 1.82) is 0 Å². The predicted molar refractivity (Wildman–Crippen MR) is 67.8 cm³/mol. The number of anilines is 1. The van der Waals surface area contributed by atoms with Crippen molar-refractivity contribution in [2.45, 2.75) is 26.3 Å². The highest BCUT2D eigenvalue weighted by Crippen LogP contribution is 2.22. The smallest absolute Gasteiger partial charge is 0.328 e. The van der Waals surface area contributed by atoms with Crippen molar-refractivity contribution in [3.63, 3.8) is 0 Å². The monoisotopic (exact) mass is 270 g/mol. The molecule has 1 rings (SSSR count). The molecule has 1 heterocycles. The summed E-state index contributed by atoms with van der Waals surface area (Å²) in [4.78, 5) is 33.8. The van der Waals surface area contributed by atoms with Gasteiger partial charge < -0.3 is 15.7 Å². The van der Waals surface area contributed by atoms with Gasteiger partial charge in [0.2, 0.25) is 5.91 Å². The molecule has 0 atom stereocenters. The lowest BCUT2D eigenvalue weighted by Gasteiger charge is -2.20. The van der Waals surface area contributed by atoms with Crippen LogP contribution in [0.1, 0.15) is 30.4 Å². The third kappa shape index (κ3) is 3.56. The van der Waals surface area contributed by atoms with Gasteiger partial charge in [-0.2, -0.15) is 0 Å². The second-order valence-electron chi connectivity index (χ2n) is 4.23. The largest absolute Gasteiger partial charge is 0.480 e. The summed E-state index contributed by atoms with van der Waals surface area (Å²) in [6.07, 6.45) is 0. The Bertz CT molecular complexity index is 493. The first-order valence-corrected chi connectivity index (χ1v) is 5.97. The summed E-state index contributed by atoms with van der Waals surface area (Å²) in [5.74, 6) is -1.83. The molecule has 0 saturated carbocycles. The predicted octanol–water partition coefficient (Wildman–Crippen LogP) is 1.30. The second kappa shape index (κ2) is 5.18. The van der Waals surface area contributed by atoms with Gasteiger partial charge >= 0.3 is 5.97 Å². The molecule has 0 saturated heterocycles. The highest BCUT2D eigenvalue weighted by atomic mass is 32.1. The van der Waals surface area contributed by atoms with E-state index in [2.05, 4.69) is 10.6 Å². The Morgan fingerprint density at radius 2 is 1.89 bits per heavy atom. The number of carboxylic acids is 1. The van der Waals surface area contributed by atoms with E-state index in [9.17, 15) is 14.4 Å². The van der Waals surface area contributed by atoms with Gasteiger partial charge in [0.05, 0.1) is 9.88 Å². The van der Waals surface area contributed by atoms with Crippen LogP contribution >= 0.6 is 11.3 Å². The fraction of sp³-hybridized carbons (Fsp3) is 0.364. The average molecular weight is 270 g/mol. The first-order valence-electron chi connectivity index (χ1n) is 5.15. The molecule has 6 nitrogen and oxygen atoms in total. The zero-order valence-corrected chi connectivity index (χ0v) is 11.1. The molecule has 1 aromatic heterocycles. The van der Waals surface area contributed by atoms with Crippen LogP contribution in [0.3, 0.4) is 0 Å². The minimum absolute atomic E-state index is 0.227. The lowest BCUT2D eigenvalue weighted by Crippen LogP contribution is -2.49. The van der Waals surface area contributed by atoms with Crippen molar-refractivity contribution in [2.75, 3.05) is 5.32 Å². The van der Waals surface area contributed by atoms with Crippen LogP contribution in [0.2, 0.25) is 0 Å². The lowest BCUT2D eigenvalue weighted by molar-refractivity contribution is -0.143. The van der Waals surface area contributed by atoms with Gasteiger partial charge in [0, 0.05) is 6.92 Å². The van der Waals surface area contributed by atoms with Gasteiger partial charge in [0.25, 0.3) is 5.91 Å². The molecular weight excluding hydrogens is 256 g/mol. The van der Waals surface area contributed by atoms with Crippen LogP contribution in [-0.4, -0.2) is 28.4 Å². The van der Waals surface area contributed by atoms with Gasteiger partial charge in [-0.3, -0.25) is 9.59 Å². The van der Waals surface area contributed by atoms with Crippen LogP contribution in [-0.2, 0) is 9.59 Å². The molecule has 0 aromatic carbocycles. The number of aliphatic carboxylic acids is 1. The highest BCUT2D eigenvalue weighted by molar-refractivity contribution is 7.18. The van der Waals surface area contributed by atoms with Crippen molar-refractivity contribution in [2.24, 2.45) is 0 Å². The van der Waals surface area contributed by atoms with E-state index in [1.807, 2.05) is 0 Å². The van der Waals surface area contributed by atoms with Crippen LogP contribution in [0.25, 0.3) is 0 Å². The van der Waals surface area contributed by atoms with Gasteiger partial charge in [0.15, 0.2) is 0 Å². The average Bonchev–Trinajstić information content (AvgIpc) is 2.64. The van der Waals surface area contributed by atoms with Crippen LogP contribution in [0.5, 0.6) is 0 Å². The number of amides is 2. The minimum Gasteiger partial charge on any atom is -0.480 e. The molecule has 7 heteroatoms. The SMILES string of the molecule is CC(=O)Nc1ccc(C(=O)NC(C)(C)C(=O)O)s1. The second-order valence-corrected chi connectivity index (χ2v) is 5.31. The van der Waals surface area contributed by atoms with Crippen molar-refractivity contribution in [3.8, 4) is 0 Å². The number of carbonyl (C=O) groups is 3. The molecule has 98 valence electrons. The van der Waals surface area contributed by atoms with Crippen LogP contribution in [0.4, 0.5) is 5.00 Å². The third-order valence-electron chi connectivity index (χ3n) is 2.09. The lowest BCUT2D eigenvalue weighted by atomic mass is 10.1. The molecule has 0 fully saturated rings. The minimum atomic E-state index is -1.34. The first kappa shape index (κ1) is 14.2. The molecule has 0 aliphatic heterocycles. The van der Waals surface area contributed by atoms with E-state index in [1.54, 1.807) is 6.07 Å². The molecule has 0 radical (unpaired) electrons. The van der Waals surface area contributed by atoms with Crippen molar-refractivity contribution < 1.29 is 19.5 Å². The molecule has 18 heavy (non-hydrogen) atoms. The molecule has 2 amide bonds. The quantitative estimate of drug-likeness (QED) is 0.768. The summed E-state index contributed by atoms with van der Waals surface area (Å²) in [6, 6.07) is 3.12. The van der Waals surface area contributed by atoms with E-state index in [1.165, 1.54) is 26.8 Å². The topological polar surface area (TPSA) is 95.5 Å². The van der Waals surface area contributed by atoms with E-state index in [4.69, 9.17) is 5.11 Å². The summed E-state index contributed by atoms with van der Waals surface area (Å²) in [5, 5.41) is 14.4. The van der Waals surface area contributed by atoms with Crippen LogP contribution in [0.15, 0.2) is 12.1 Å². The summed E-state index contributed by atoms with van der Waals surface area (Å²) in [7, 11) is 0.